The number of amides is 1. The van der Waals surface area contributed by atoms with Crippen molar-refractivity contribution in [3.8, 4) is 11.5 Å². The molecule has 4 nitrogen and oxygen atoms in total. The molecule has 2 aromatic rings. The number of carbonyl (C=O) groups excluding carboxylic acids is 1. The summed E-state index contributed by atoms with van der Waals surface area (Å²) in [5.41, 5.74) is 2.01. The van der Waals surface area contributed by atoms with Crippen LogP contribution in [-0.2, 0) is 17.8 Å². The number of carbonyl (C=O) groups is 1. The Bertz CT molecular complexity index is 625. The summed E-state index contributed by atoms with van der Waals surface area (Å²) in [6.07, 6.45) is 0.394. The maximum Gasteiger partial charge on any atom is 0.224 e. The van der Waals surface area contributed by atoms with E-state index in [1.807, 2.05) is 48.5 Å². The second-order valence-corrected chi connectivity index (χ2v) is 4.92. The predicted molar refractivity (Wildman–Crippen MR) is 79.4 cm³/mol. The number of benzene rings is 2. The van der Waals surface area contributed by atoms with Gasteiger partial charge in [-0.1, -0.05) is 36.4 Å². The zero-order chi connectivity index (χ0) is 14.5. The van der Waals surface area contributed by atoms with Crippen molar-refractivity contribution in [1.82, 2.24) is 5.32 Å². The third-order valence-corrected chi connectivity index (χ3v) is 3.30. The third kappa shape index (κ3) is 3.54. The molecule has 0 bridgehead atoms. The molecule has 0 spiro atoms. The highest BCUT2D eigenvalue weighted by molar-refractivity contribution is 5.78. The van der Waals surface area contributed by atoms with E-state index in [0.29, 0.717) is 26.2 Å². The first-order valence-electron chi connectivity index (χ1n) is 7.00. The Morgan fingerprint density at radius 1 is 0.952 bits per heavy atom. The van der Waals surface area contributed by atoms with Crippen LogP contribution in [0.4, 0.5) is 0 Å². The standard InChI is InChI=1S/C17H17NO3/c19-17(11-13-4-2-1-3-5-13)18-12-14-6-7-15-16(10-14)21-9-8-20-15/h1-7,10H,8-9,11-12H2,(H,18,19). The van der Waals surface area contributed by atoms with Crippen molar-refractivity contribution < 1.29 is 14.3 Å². The van der Waals surface area contributed by atoms with Gasteiger partial charge in [0.25, 0.3) is 0 Å². The fourth-order valence-electron chi connectivity index (χ4n) is 2.24. The van der Waals surface area contributed by atoms with E-state index in [9.17, 15) is 4.79 Å². The smallest absolute Gasteiger partial charge is 0.224 e. The highest BCUT2D eigenvalue weighted by atomic mass is 16.6. The minimum absolute atomic E-state index is 0.0103. The Morgan fingerprint density at radius 3 is 2.52 bits per heavy atom. The van der Waals surface area contributed by atoms with Gasteiger partial charge in [-0.25, -0.2) is 0 Å². The quantitative estimate of drug-likeness (QED) is 0.936. The minimum atomic E-state index is 0.0103. The van der Waals surface area contributed by atoms with Crippen molar-refractivity contribution in [2.45, 2.75) is 13.0 Å². The monoisotopic (exact) mass is 283 g/mol. The van der Waals surface area contributed by atoms with Crippen LogP contribution in [0.3, 0.4) is 0 Å². The van der Waals surface area contributed by atoms with Crippen LogP contribution >= 0.6 is 0 Å². The number of hydrogen-bond acceptors (Lipinski definition) is 3. The Labute approximate surface area is 123 Å². The summed E-state index contributed by atoms with van der Waals surface area (Å²) in [6.45, 7) is 1.64. The third-order valence-electron chi connectivity index (χ3n) is 3.30. The molecule has 0 fully saturated rings. The molecule has 1 aliphatic heterocycles. The molecule has 108 valence electrons. The molecule has 0 aromatic heterocycles. The Hall–Kier alpha value is -2.49. The summed E-state index contributed by atoms with van der Waals surface area (Å²) in [4.78, 5) is 11.9. The molecule has 0 aliphatic carbocycles. The molecule has 1 N–H and O–H groups in total. The average Bonchev–Trinajstić information content (AvgIpc) is 2.54. The van der Waals surface area contributed by atoms with Gasteiger partial charge in [-0.3, -0.25) is 4.79 Å². The van der Waals surface area contributed by atoms with E-state index in [1.165, 1.54) is 0 Å². The van der Waals surface area contributed by atoms with Gasteiger partial charge in [0.2, 0.25) is 5.91 Å². The van der Waals surface area contributed by atoms with Crippen LogP contribution in [0.2, 0.25) is 0 Å². The van der Waals surface area contributed by atoms with E-state index in [-0.39, 0.29) is 5.91 Å². The number of hydrogen-bond donors (Lipinski definition) is 1. The maximum atomic E-state index is 11.9. The summed E-state index contributed by atoms with van der Waals surface area (Å²) in [6, 6.07) is 15.4. The Morgan fingerprint density at radius 2 is 1.71 bits per heavy atom. The fraction of sp³-hybridized carbons (Fsp3) is 0.235. The number of rotatable bonds is 4. The summed E-state index contributed by atoms with van der Waals surface area (Å²) in [5, 5.41) is 2.92. The highest BCUT2D eigenvalue weighted by Gasteiger charge is 2.12. The molecular weight excluding hydrogens is 266 g/mol. The average molecular weight is 283 g/mol. The maximum absolute atomic E-state index is 11.9. The van der Waals surface area contributed by atoms with Crippen molar-refractivity contribution in [2.75, 3.05) is 13.2 Å². The molecule has 0 saturated heterocycles. The van der Waals surface area contributed by atoms with Gasteiger partial charge in [-0.15, -0.1) is 0 Å². The van der Waals surface area contributed by atoms with Gasteiger partial charge in [0, 0.05) is 6.54 Å². The summed E-state index contributed by atoms with van der Waals surface area (Å²) >= 11 is 0. The molecule has 21 heavy (non-hydrogen) atoms. The minimum Gasteiger partial charge on any atom is -0.486 e. The zero-order valence-corrected chi connectivity index (χ0v) is 11.7. The summed E-state index contributed by atoms with van der Waals surface area (Å²) < 4.78 is 11.0. The SMILES string of the molecule is O=C(Cc1ccccc1)NCc1ccc2c(c1)OCCO2. The van der Waals surface area contributed by atoms with Crippen LogP contribution in [0, 0.1) is 0 Å². The molecule has 3 rings (SSSR count). The second-order valence-electron chi connectivity index (χ2n) is 4.92. The van der Waals surface area contributed by atoms with Crippen LogP contribution in [0.5, 0.6) is 11.5 Å². The Kier molecular flexibility index (Phi) is 4.05. The normalized spacial score (nSPS) is 12.8. The predicted octanol–water partition coefficient (Wildman–Crippen LogP) is 2.32. The van der Waals surface area contributed by atoms with Crippen molar-refractivity contribution >= 4 is 5.91 Å². The van der Waals surface area contributed by atoms with Gasteiger partial charge in [0.05, 0.1) is 6.42 Å². The van der Waals surface area contributed by atoms with Crippen molar-refractivity contribution in [3.05, 3.63) is 59.7 Å². The van der Waals surface area contributed by atoms with Crippen LogP contribution in [0.1, 0.15) is 11.1 Å². The van der Waals surface area contributed by atoms with Gasteiger partial charge in [-0.05, 0) is 23.3 Å². The first-order chi connectivity index (χ1) is 10.3. The van der Waals surface area contributed by atoms with Gasteiger partial charge in [0.1, 0.15) is 13.2 Å². The van der Waals surface area contributed by atoms with E-state index in [0.717, 1.165) is 22.6 Å². The largest absolute Gasteiger partial charge is 0.486 e. The van der Waals surface area contributed by atoms with Gasteiger partial charge in [0.15, 0.2) is 11.5 Å². The topological polar surface area (TPSA) is 47.6 Å². The molecule has 2 aromatic carbocycles. The lowest BCUT2D eigenvalue weighted by Crippen LogP contribution is -2.24. The van der Waals surface area contributed by atoms with Crippen molar-refractivity contribution in [1.29, 1.82) is 0 Å². The lowest BCUT2D eigenvalue weighted by Gasteiger charge is -2.19. The van der Waals surface area contributed by atoms with Crippen LogP contribution < -0.4 is 14.8 Å². The summed E-state index contributed by atoms with van der Waals surface area (Å²) in [7, 11) is 0. The van der Waals surface area contributed by atoms with E-state index < -0.39 is 0 Å². The van der Waals surface area contributed by atoms with Crippen LogP contribution in [-0.4, -0.2) is 19.1 Å². The van der Waals surface area contributed by atoms with Crippen molar-refractivity contribution in [2.24, 2.45) is 0 Å². The first kappa shape index (κ1) is 13.5. The van der Waals surface area contributed by atoms with Crippen molar-refractivity contribution in [3.63, 3.8) is 0 Å². The lowest BCUT2D eigenvalue weighted by molar-refractivity contribution is -0.120. The van der Waals surface area contributed by atoms with Gasteiger partial charge >= 0.3 is 0 Å². The molecule has 1 amide bonds. The van der Waals surface area contributed by atoms with E-state index in [1.54, 1.807) is 0 Å². The van der Waals surface area contributed by atoms with Gasteiger partial charge in [-0.2, -0.15) is 0 Å². The van der Waals surface area contributed by atoms with E-state index >= 15 is 0 Å². The molecule has 0 radical (unpaired) electrons. The van der Waals surface area contributed by atoms with E-state index in [4.69, 9.17) is 9.47 Å². The molecule has 0 saturated carbocycles. The van der Waals surface area contributed by atoms with Crippen LogP contribution in [0.25, 0.3) is 0 Å². The molecule has 4 heteroatoms. The first-order valence-corrected chi connectivity index (χ1v) is 7.00. The zero-order valence-electron chi connectivity index (χ0n) is 11.7. The molecule has 0 unspecified atom stereocenters. The second kappa shape index (κ2) is 6.31. The van der Waals surface area contributed by atoms with Crippen LogP contribution in [0.15, 0.2) is 48.5 Å². The summed E-state index contributed by atoms with van der Waals surface area (Å²) in [5.74, 6) is 1.52. The number of ether oxygens (including phenoxy) is 2. The number of fused-ring (bicyclic) bond motifs is 1. The molecule has 1 aliphatic rings. The molecular formula is C17H17NO3. The fourth-order valence-corrected chi connectivity index (χ4v) is 2.24. The molecule has 0 atom stereocenters. The lowest BCUT2D eigenvalue weighted by atomic mass is 10.1. The highest BCUT2D eigenvalue weighted by Crippen LogP contribution is 2.30. The van der Waals surface area contributed by atoms with E-state index in [2.05, 4.69) is 5.32 Å². The number of nitrogens with one attached hydrogen (secondary N) is 1. The molecule has 1 heterocycles. The van der Waals surface area contributed by atoms with Gasteiger partial charge < -0.3 is 14.8 Å². The Balaban J connectivity index is 1.56.